The first-order chi connectivity index (χ1) is 7.00. The zero-order valence-corrected chi connectivity index (χ0v) is 8.62. The van der Waals surface area contributed by atoms with Gasteiger partial charge in [-0.3, -0.25) is 0 Å². The van der Waals surface area contributed by atoms with Gasteiger partial charge in [0.1, 0.15) is 5.82 Å². The van der Waals surface area contributed by atoms with Gasteiger partial charge in [-0.15, -0.1) is 6.58 Å². The molecule has 0 bridgehead atoms. The van der Waals surface area contributed by atoms with Gasteiger partial charge in [0.05, 0.1) is 0 Å². The largest absolute Gasteiger partial charge is 0.207 e. The highest BCUT2D eigenvalue weighted by molar-refractivity contribution is 5.20. The minimum atomic E-state index is -1.14. The fourth-order valence-corrected chi connectivity index (χ4v) is 1.34. The van der Waals surface area contributed by atoms with E-state index >= 15 is 0 Å². The first kappa shape index (κ1) is 11.8. The third-order valence-electron chi connectivity index (χ3n) is 2.14. The summed E-state index contributed by atoms with van der Waals surface area (Å²) in [6, 6.07) is 1.51. The van der Waals surface area contributed by atoms with Crippen LogP contribution in [-0.4, -0.2) is 0 Å². The summed E-state index contributed by atoms with van der Waals surface area (Å²) in [4.78, 5) is 0. The molecular formula is C12H13F3. The van der Waals surface area contributed by atoms with Crippen LogP contribution in [-0.2, 0) is 6.42 Å². The second-order valence-corrected chi connectivity index (χ2v) is 3.67. The number of aryl methyl sites for hydroxylation is 1. The fourth-order valence-electron chi connectivity index (χ4n) is 1.34. The number of hydrogen-bond donors (Lipinski definition) is 0. The van der Waals surface area contributed by atoms with Crippen molar-refractivity contribution in [1.29, 1.82) is 0 Å². The SMILES string of the molecule is C=C(C)CCCc1cc(F)c(F)cc1F. The standard InChI is InChI=1S/C12H13F3/c1-8(2)4-3-5-9-6-11(14)12(15)7-10(9)13/h6-7H,1,3-5H2,2H3. The predicted molar refractivity (Wildman–Crippen MR) is 54.1 cm³/mol. The second-order valence-electron chi connectivity index (χ2n) is 3.67. The third kappa shape index (κ3) is 3.42. The van der Waals surface area contributed by atoms with Crippen LogP contribution < -0.4 is 0 Å². The number of rotatable bonds is 4. The zero-order valence-electron chi connectivity index (χ0n) is 8.62. The van der Waals surface area contributed by atoms with Gasteiger partial charge < -0.3 is 0 Å². The monoisotopic (exact) mass is 214 g/mol. The van der Waals surface area contributed by atoms with E-state index < -0.39 is 17.5 Å². The zero-order chi connectivity index (χ0) is 11.4. The summed E-state index contributed by atoms with van der Waals surface area (Å²) in [6.45, 7) is 5.59. The summed E-state index contributed by atoms with van der Waals surface area (Å²) < 4.78 is 38.5. The predicted octanol–water partition coefficient (Wildman–Crippen LogP) is 4.00. The highest BCUT2D eigenvalue weighted by Gasteiger charge is 2.09. The molecule has 15 heavy (non-hydrogen) atoms. The molecule has 3 heteroatoms. The van der Waals surface area contributed by atoms with E-state index in [0.29, 0.717) is 18.9 Å². The molecule has 0 fully saturated rings. The van der Waals surface area contributed by atoms with Crippen molar-refractivity contribution in [3.63, 3.8) is 0 Å². The third-order valence-corrected chi connectivity index (χ3v) is 2.14. The number of halogens is 3. The highest BCUT2D eigenvalue weighted by atomic mass is 19.2. The Morgan fingerprint density at radius 2 is 1.73 bits per heavy atom. The maximum absolute atomic E-state index is 13.1. The van der Waals surface area contributed by atoms with Crippen LogP contribution >= 0.6 is 0 Å². The molecule has 0 amide bonds. The van der Waals surface area contributed by atoms with Crippen molar-refractivity contribution < 1.29 is 13.2 Å². The molecule has 0 aromatic heterocycles. The molecule has 1 rings (SSSR count). The lowest BCUT2D eigenvalue weighted by Gasteiger charge is -2.04. The molecule has 0 saturated heterocycles. The van der Waals surface area contributed by atoms with Gasteiger partial charge in [-0.2, -0.15) is 0 Å². The van der Waals surface area contributed by atoms with Gasteiger partial charge in [-0.25, -0.2) is 13.2 Å². The minimum Gasteiger partial charge on any atom is -0.207 e. The van der Waals surface area contributed by atoms with E-state index in [1.165, 1.54) is 0 Å². The molecular weight excluding hydrogens is 201 g/mol. The molecule has 0 radical (unpaired) electrons. The summed E-state index contributed by atoms with van der Waals surface area (Å²) in [5.41, 5.74) is 1.22. The molecule has 0 nitrogen and oxygen atoms in total. The lowest BCUT2D eigenvalue weighted by molar-refractivity contribution is 0.489. The maximum atomic E-state index is 13.1. The minimum absolute atomic E-state index is 0.218. The van der Waals surface area contributed by atoms with Crippen LogP contribution in [0.5, 0.6) is 0 Å². The smallest absolute Gasteiger partial charge is 0.161 e. The highest BCUT2D eigenvalue weighted by Crippen LogP contribution is 2.16. The van der Waals surface area contributed by atoms with Crippen molar-refractivity contribution >= 4 is 0 Å². The van der Waals surface area contributed by atoms with Crippen LogP contribution in [0.15, 0.2) is 24.3 Å². The van der Waals surface area contributed by atoms with Crippen molar-refractivity contribution in [2.24, 2.45) is 0 Å². The van der Waals surface area contributed by atoms with E-state index in [0.717, 1.165) is 18.1 Å². The van der Waals surface area contributed by atoms with E-state index in [4.69, 9.17) is 0 Å². The second kappa shape index (κ2) is 5.01. The van der Waals surface area contributed by atoms with Crippen LogP contribution in [0.4, 0.5) is 13.2 Å². The van der Waals surface area contributed by atoms with Crippen LogP contribution in [0.1, 0.15) is 25.3 Å². The summed E-state index contributed by atoms with van der Waals surface area (Å²) in [5.74, 6) is -2.83. The Bertz CT molecular complexity index is 369. The lowest BCUT2D eigenvalue weighted by atomic mass is 10.0. The van der Waals surface area contributed by atoms with Crippen LogP contribution in [0, 0.1) is 17.5 Å². The van der Waals surface area contributed by atoms with Gasteiger partial charge in [0.25, 0.3) is 0 Å². The van der Waals surface area contributed by atoms with Crippen LogP contribution in [0.25, 0.3) is 0 Å². The topological polar surface area (TPSA) is 0 Å². The summed E-state index contributed by atoms with van der Waals surface area (Å²) in [7, 11) is 0. The molecule has 0 unspecified atom stereocenters. The fraction of sp³-hybridized carbons (Fsp3) is 0.333. The molecule has 0 aliphatic carbocycles. The Kier molecular flexibility index (Phi) is 3.95. The van der Waals surface area contributed by atoms with Crippen molar-refractivity contribution in [3.05, 3.63) is 47.3 Å². The molecule has 0 spiro atoms. The van der Waals surface area contributed by atoms with E-state index in [1.807, 2.05) is 6.92 Å². The average Bonchev–Trinajstić information content (AvgIpc) is 2.13. The maximum Gasteiger partial charge on any atom is 0.161 e. The molecule has 0 aliphatic rings. The van der Waals surface area contributed by atoms with Gasteiger partial charge in [-0.05, 0) is 37.8 Å². The summed E-state index contributed by atoms with van der Waals surface area (Å²) in [6.07, 6.45) is 1.85. The molecule has 0 saturated carbocycles. The molecule has 0 atom stereocenters. The molecule has 0 heterocycles. The van der Waals surface area contributed by atoms with Gasteiger partial charge in [0.15, 0.2) is 11.6 Å². The molecule has 1 aromatic carbocycles. The van der Waals surface area contributed by atoms with Gasteiger partial charge in [0.2, 0.25) is 0 Å². The van der Waals surface area contributed by atoms with E-state index in [2.05, 4.69) is 6.58 Å². The van der Waals surface area contributed by atoms with Crippen LogP contribution in [0.2, 0.25) is 0 Å². The Labute approximate surface area is 87.4 Å². The Hall–Kier alpha value is -1.25. The normalized spacial score (nSPS) is 10.4. The summed E-state index contributed by atoms with van der Waals surface area (Å²) >= 11 is 0. The number of hydrogen-bond acceptors (Lipinski definition) is 0. The van der Waals surface area contributed by atoms with Gasteiger partial charge >= 0.3 is 0 Å². The van der Waals surface area contributed by atoms with Crippen molar-refractivity contribution in [3.8, 4) is 0 Å². The lowest BCUT2D eigenvalue weighted by Crippen LogP contribution is -1.95. The van der Waals surface area contributed by atoms with Crippen molar-refractivity contribution in [1.82, 2.24) is 0 Å². The van der Waals surface area contributed by atoms with Crippen LogP contribution in [0.3, 0.4) is 0 Å². The van der Waals surface area contributed by atoms with Gasteiger partial charge in [-0.1, -0.05) is 5.57 Å². The number of allylic oxidation sites excluding steroid dienone is 1. The quantitative estimate of drug-likeness (QED) is 0.525. The van der Waals surface area contributed by atoms with Crippen molar-refractivity contribution in [2.75, 3.05) is 0 Å². The summed E-state index contributed by atoms with van der Waals surface area (Å²) in [5, 5.41) is 0. The van der Waals surface area contributed by atoms with Crippen molar-refractivity contribution in [2.45, 2.75) is 26.2 Å². The first-order valence-corrected chi connectivity index (χ1v) is 4.78. The Morgan fingerprint density at radius 1 is 1.13 bits per heavy atom. The van der Waals surface area contributed by atoms with Gasteiger partial charge in [0, 0.05) is 6.07 Å². The first-order valence-electron chi connectivity index (χ1n) is 4.78. The molecule has 0 aliphatic heterocycles. The Morgan fingerprint density at radius 3 is 2.33 bits per heavy atom. The Balaban J connectivity index is 2.69. The molecule has 0 N–H and O–H groups in total. The van der Waals surface area contributed by atoms with E-state index in [-0.39, 0.29) is 5.56 Å². The molecule has 1 aromatic rings. The average molecular weight is 214 g/mol. The molecule has 82 valence electrons. The van der Waals surface area contributed by atoms with E-state index in [9.17, 15) is 13.2 Å². The van der Waals surface area contributed by atoms with E-state index in [1.54, 1.807) is 0 Å². The number of benzene rings is 1.